The van der Waals surface area contributed by atoms with Gasteiger partial charge >= 0.3 is 0 Å². The molecule has 1 amide bonds. The minimum absolute atomic E-state index is 0.151. The summed E-state index contributed by atoms with van der Waals surface area (Å²) in [6.07, 6.45) is 1.78. The number of carbonyl (C=O) groups is 1. The van der Waals surface area contributed by atoms with E-state index in [9.17, 15) is 4.79 Å². The molecule has 0 aliphatic rings. The van der Waals surface area contributed by atoms with E-state index in [0.717, 1.165) is 5.56 Å². The Bertz CT molecular complexity index is 948. The Morgan fingerprint density at radius 1 is 1.21 bits per heavy atom. The second kappa shape index (κ2) is 8.16. The second-order valence-electron chi connectivity index (χ2n) is 7.06. The number of carbonyl (C=O) groups excluding carboxylic acids is 1. The Morgan fingerprint density at radius 3 is 2.57 bits per heavy atom. The van der Waals surface area contributed by atoms with Crippen molar-refractivity contribution in [3.63, 3.8) is 0 Å². The number of hydrogen-bond acceptors (Lipinski definition) is 6. The summed E-state index contributed by atoms with van der Waals surface area (Å²) in [4.78, 5) is 19.0. The van der Waals surface area contributed by atoms with Gasteiger partial charge < -0.3 is 9.64 Å². The van der Waals surface area contributed by atoms with Gasteiger partial charge in [0.2, 0.25) is 5.88 Å². The Hall–Kier alpha value is -3.29. The smallest absolute Gasteiger partial charge is 0.274 e. The molecule has 0 bridgehead atoms. The summed E-state index contributed by atoms with van der Waals surface area (Å²) in [7, 11) is 3.30. The van der Waals surface area contributed by atoms with Gasteiger partial charge in [-0.15, -0.1) is 10.2 Å². The molecule has 28 heavy (non-hydrogen) atoms. The molecule has 0 unspecified atom stereocenters. The molecule has 3 aromatic rings. The van der Waals surface area contributed by atoms with Crippen molar-refractivity contribution < 1.29 is 9.53 Å². The van der Waals surface area contributed by atoms with Crippen LogP contribution in [0.15, 0.2) is 36.5 Å². The molecule has 0 aliphatic heterocycles. The van der Waals surface area contributed by atoms with Crippen molar-refractivity contribution in [1.29, 1.82) is 0 Å². The summed E-state index contributed by atoms with van der Waals surface area (Å²) in [6.45, 7) is 6.75. The Balaban J connectivity index is 2.06. The highest BCUT2D eigenvalue weighted by Crippen LogP contribution is 2.23. The molecule has 0 fully saturated rings. The quantitative estimate of drug-likeness (QED) is 0.654. The van der Waals surface area contributed by atoms with E-state index in [1.165, 1.54) is 7.11 Å². The SMILES string of the molecule is COc1ccc(-n2nc(C(=O)N(C)CC(C)C)cc2-c2ccc(C)cn2)nn1. The van der Waals surface area contributed by atoms with Gasteiger partial charge in [-0.3, -0.25) is 9.78 Å². The van der Waals surface area contributed by atoms with Crippen LogP contribution in [0.3, 0.4) is 0 Å². The lowest BCUT2D eigenvalue weighted by molar-refractivity contribution is 0.0773. The van der Waals surface area contributed by atoms with Gasteiger partial charge in [-0.05, 0) is 36.6 Å². The van der Waals surface area contributed by atoms with Crippen molar-refractivity contribution in [3.8, 4) is 23.1 Å². The summed E-state index contributed by atoms with van der Waals surface area (Å²) in [6, 6.07) is 9.03. The minimum atomic E-state index is -0.151. The summed E-state index contributed by atoms with van der Waals surface area (Å²) in [5, 5.41) is 12.7. The maximum absolute atomic E-state index is 12.8. The number of amides is 1. The van der Waals surface area contributed by atoms with E-state index in [2.05, 4.69) is 34.1 Å². The maximum Gasteiger partial charge on any atom is 0.274 e. The molecule has 0 atom stereocenters. The lowest BCUT2D eigenvalue weighted by Gasteiger charge is -2.17. The molecule has 0 N–H and O–H groups in total. The van der Waals surface area contributed by atoms with E-state index >= 15 is 0 Å². The molecule has 0 saturated heterocycles. The average molecular weight is 380 g/mol. The first kappa shape index (κ1) is 19.5. The fraction of sp³-hybridized carbons (Fsp3) is 0.350. The van der Waals surface area contributed by atoms with Gasteiger partial charge in [-0.1, -0.05) is 19.9 Å². The highest BCUT2D eigenvalue weighted by molar-refractivity contribution is 5.93. The summed E-state index contributed by atoms with van der Waals surface area (Å²) < 4.78 is 6.65. The highest BCUT2D eigenvalue weighted by atomic mass is 16.5. The number of aryl methyl sites for hydroxylation is 1. The summed E-state index contributed by atoms with van der Waals surface area (Å²) >= 11 is 0. The number of rotatable bonds is 6. The van der Waals surface area contributed by atoms with E-state index in [1.807, 2.05) is 19.1 Å². The molecule has 0 saturated carbocycles. The zero-order chi connectivity index (χ0) is 20.3. The first-order valence-corrected chi connectivity index (χ1v) is 9.05. The third kappa shape index (κ3) is 4.16. The van der Waals surface area contributed by atoms with Crippen molar-refractivity contribution in [3.05, 3.63) is 47.8 Å². The van der Waals surface area contributed by atoms with E-state index < -0.39 is 0 Å². The molecule has 8 nitrogen and oxygen atoms in total. The number of ether oxygens (including phenoxy) is 1. The Kier molecular flexibility index (Phi) is 5.67. The van der Waals surface area contributed by atoms with Crippen LogP contribution in [-0.4, -0.2) is 56.5 Å². The van der Waals surface area contributed by atoms with Gasteiger partial charge in [-0.2, -0.15) is 5.10 Å². The van der Waals surface area contributed by atoms with E-state index in [1.54, 1.807) is 41.0 Å². The zero-order valence-corrected chi connectivity index (χ0v) is 16.7. The third-order valence-corrected chi connectivity index (χ3v) is 4.14. The molecule has 0 aliphatic carbocycles. The molecule has 146 valence electrons. The van der Waals surface area contributed by atoms with Crippen molar-refractivity contribution in [1.82, 2.24) is 29.9 Å². The lowest BCUT2D eigenvalue weighted by Crippen LogP contribution is -2.30. The predicted molar refractivity (Wildman–Crippen MR) is 105 cm³/mol. The van der Waals surface area contributed by atoms with Gasteiger partial charge in [0.05, 0.1) is 18.5 Å². The van der Waals surface area contributed by atoms with Crippen LogP contribution in [0.25, 0.3) is 17.2 Å². The van der Waals surface area contributed by atoms with Crippen LogP contribution in [0.5, 0.6) is 5.88 Å². The fourth-order valence-electron chi connectivity index (χ4n) is 2.82. The van der Waals surface area contributed by atoms with Gasteiger partial charge in [0.15, 0.2) is 11.5 Å². The minimum Gasteiger partial charge on any atom is -0.480 e. The average Bonchev–Trinajstić information content (AvgIpc) is 3.12. The van der Waals surface area contributed by atoms with E-state index in [0.29, 0.717) is 41.2 Å². The van der Waals surface area contributed by atoms with Crippen molar-refractivity contribution in [2.24, 2.45) is 5.92 Å². The van der Waals surface area contributed by atoms with E-state index in [-0.39, 0.29) is 5.91 Å². The number of hydrogen-bond donors (Lipinski definition) is 0. The summed E-state index contributed by atoms with van der Waals surface area (Å²) in [5.41, 5.74) is 2.74. The monoisotopic (exact) mass is 380 g/mol. The van der Waals surface area contributed by atoms with Crippen molar-refractivity contribution in [2.75, 3.05) is 20.7 Å². The van der Waals surface area contributed by atoms with Crippen LogP contribution < -0.4 is 4.74 Å². The van der Waals surface area contributed by atoms with Crippen LogP contribution in [-0.2, 0) is 0 Å². The Morgan fingerprint density at radius 2 is 2.00 bits per heavy atom. The van der Waals surface area contributed by atoms with Crippen LogP contribution in [0, 0.1) is 12.8 Å². The summed E-state index contributed by atoms with van der Waals surface area (Å²) in [5.74, 6) is 1.09. The third-order valence-electron chi connectivity index (χ3n) is 4.14. The first-order valence-electron chi connectivity index (χ1n) is 9.05. The van der Waals surface area contributed by atoms with Gasteiger partial charge in [0.25, 0.3) is 5.91 Å². The van der Waals surface area contributed by atoms with Crippen LogP contribution in [0.2, 0.25) is 0 Å². The van der Waals surface area contributed by atoms with Crippen LogP contribution in [0.4, 0.5) is 0 Å². The Labute approximate surface area is 164 Å². The van der Waals surface area contributed by atoms with Gasteiger partial charge in [-0.25, -0.2) is 4.68 Å². The molecular formula is C20H24N6O2. The number of pyridine rings is 1. The number of aromatic nitrogens is 5. The molecule has 3 heterocycles. The van der Waals surface area contributed by atoms with Crippen LogP contribution >= 0.6 is 0 Å². The number of methoxy groups -OCH3 is 1. The zero-order valence-electron chi connectivity index (χ0n) is 16.7. The van der Waals surface area contributed by atoms with Crippen LogP contribution in [0.1, 0.15) is 29.9 Å². The molecule has 0 spiro atoms. The molecule has 8 heteroatoms. The largest absolute Gasteiger partial charge is 0.480 e. The normalized spacial score (nSPS) is 10.9. The second-order valence-corrected chi connectivity index (χ2v) is 7.06. The van der Waals surface area contributed by atoms with Crippen molar-refractivity contribution >= 4 is 5.91 Å². The lowest BCUT2D eigenvalue weighted by atomic mass is 10.2. The first-order chi connectivity index (χ1) is 13.4. The fourth-order valence-corrected chi connectivity index (χ4v) is 2.82. The molecule has 3 aromatic heterocycles. The van der Waals surface area contributed by atoms with Gasteiger partial charge in [0.1, 0.15) is 0 Å². The molecular weight excluding hydrogens is 356 g/mol. The topological polar surface area (TPSA) is 86.0 Å². The highest BCUT2D eigenvalue weighted by Gasteiger charge is 2.21. The molecule has 3 rings (SSSR count). The number of nitrogens with zero attached hydrogens (tertiary/aromatic N) is 6. The van der Waals surface area contributed by atoms with E-state index in [4.69, 9.17) is 4.74 Å². The molecule has 0 radical (unpaired) electrons. The van der Waals surface area contributed by atoms with Crippen molar-refractivity contribution in [2.45, 2.75) is 20.8 Å². The van der Waals surface area contributed by atoms with Gasteiger partial charge in [0, 0.05) is 25.9 Å². The molecule has 0 aromatic carbocycles. The maximum atomic E-state index is 12.8. The predicted octanol–water partition coefficient (Wildman–Crippen LogP) is 2.77. The standard InChI is InChI=1S/C20H24N6O2/c1-13(2)12-25(4)20(27)16-10-17(15-7-6-14(3)11-21-15)26(24-16)18-8-9-19(28-5)23-22-18/h6-11,13H,12H2,1-5H3.